The van der Waals surface area contributed by atoms with Gasteiger partial charge in [-0.05, 0) is 45.0 Å². The Morgan fingerprint density at radius 3 is 2.41 bits per heavy atom. The molecular formula is C14H23NO2. The summed E-state index contributed by atoms with van der Waals surface area (Å²) in [5.74, 6) is 0.918. The Kier molecular flexibility index (Phi) is 6.01. The molecule has 1 rings (SSSR count). The highest BCUT2D eigenvalue weighted by atomic mass is 16.5. The maximum absolute atomic E-state index is 8.76. The topological polar surface area (TPSA) is 32.7 Å². The molecule has 0 atom stereocenters. The monoisotopic (exact) mass is 237 g/mol. The van der Waals surface area contributed by atoms with Crippen LogP contribution in [-0.2, 0) is 6.54 Å². The van der Waals surface area contributed by atoms with E-state index in [0.717, 1.165) is 25.3 Å². The fourth-order valence-corrected chi connectivity index (χ4v) is 1.68. The van der Waals surface area contributed by atoms with Crippen molar-refractivity contribution in [1.29, 1.82) is 0 Å². The van der Waals surface area contributed by atoms with Gasteiger partial charge in [-0.1, -0.05) is 12.1 Å². The van der Waals surface area contributed by atoms with Gasteiger partial charge in [0.2, 0.25) is 0 Å². The molecule has 0 spiro atoms. The van der Waals surface area contributed by atoms with Crippen molar-refractivity contribution in [2.45, 2.75) is 32.9 Å². The van der Waals surface area contributed by atoms with Crippen molar-refractivity contribution in [3.63, 3.8) is 0 Å². The van der Waals surface area contributed by atoms with Gasteiger partial charge >= 0.3 is 0 Å². The number of ether oxygens (including phenoxy) is 1. The van der Waals surface area contributed by atoms with Crippen molar-refractivity contribution in [1.82, 2.24) is 4.90 Å². The van der Waals surface area contributed by atoms with Crippen LogP contribution in [-0.4, -0.2) is 36.3 Å². The minimum Gasteiger partial charge on any atom is -0.491 e. The minimum absolute atomic E-state index is 0.216. The van der Waals surface area contributed by atoms with Gasteiger partial charge in [-0.15, -0.1) is 0 Å². The lowest BCUT2D eigenvalue weighted by Gasteiger charge is -2.16. The summed E-state index contributed by atoms with van der Waals surface area (Å²) in [6.07, 6.45) is 1.04. The number of rotatable bonds is 7. The normalized spacial score (nSPS) is 11.2. The summed E-state index contributed by atoms with van der Waals surface area (Å²) >= 11 is 0. The second-order valence-corrected chi connectivity index (χ2v) is 4.63. The average molecular weight is 237 g/mol. The molecule has 0 saturated carbocycles. The Morgan fingerprint density at radius 2 is 1.88 bits per heavy atom. The number of nitrogens with zero attached hydrogens (tertiary/aromatic N) is 1. The first-order valence-corrected chi connectivity index (χ1v) is 6.17. The highest BCUT2D eigenvalue weighted by Gasteiger charge is 2.01. The molecule has 17 heavy (non-hydrogen) atoms. The van der Waals surface area contributed by atoms with Crippen LogP contribution in [0.15, 0.2) is 24.3 Å². The Bertz CT molecular complexity index is 309. The second kappa shape index (κ2) is 7.30. The molecule has 0 aliphatic rings. The molecule has 1 N–H and O–H groups in total. The zero-order chi connectivity index (χ0) is 12.7. The smallest absolute Gasteiger partial charge is 0.119 e. The van der Waals surface area contributed by atoms with E-state index < -0.39 is 0 Å². The summed E-state index contributed by atoms with van der Waals surface area (Å²) in [6.45, 7) is 6.13. The molecule has 0 bridgehead atoms. The Morgan fingerprint density at radius 1 is 1.24 bits per heavy atom. The Labute approximate surface area is 104 Å². The van der Waals surface area contributed by atoms with Crippen LogP contribution in [0.4, 0.5) is 0 Å². The van der Waals surface area contributed by atoms with Gasteiger partial charge in [0.05, 0.1) is 6.10 Å². The summed E-state index contributed by atoms with van der Waals surface area (Å²) < 4.78 is 5.59. The number of hydrogen-bond acceptors (Lipinski definition) is 3. The van der Waals surface area contributed by atoms with E-state index in [2.05, 4.69) is 24.1 Å². The number of benzene rings is 1. The standard InChI is InChI=1S/C14H23NO2/c1-12(2)17-14-7-5-13(6-8-14)11-15(3)9-4-10-16/h5-8,12,16H,4,9-11H2,1-3H3. The summed E-state index contributed by atoms with van der Waals surface area (Å²) in [6, 6.07) is 8.20. The van der Waals surface area contributed by atoms with Crippen LogP contribution >= 0.6 is 0 Å². The maximum atomic E-state index is 8.76. The highest BCUT2D eigenvalue weighted by Crippen LogP contribution is 2.14. The van der Waals surface area contributed by atoms with E-state index in [1.807, 2.05) is 26.0 Å². The average Bonchev–Trinajstić information content (AvgIpc) is 2.28. The second-order valence-electron chi connectivity index (χ2n) is 4.63. The maximum Gasteiger partial charge on any atom is 0.119 e. The van der Waals surface area contributed by atoms with Gasteiger partial charge in [0.1, 0.15) is 5.75 Å². The van der Waals surface area contributed by atoms with Crippen molar-refractivity contribution in [3.05, 3.63) is 29.8 Å². The zero-order valence-electron chi connectivity index (χ0n) is 11.0. The van der Waals surface area contributed by atoms with Crippen LogP contribution in [0.5, 0.6) is 5.75 Å². The van der Waals surface area contributed by atoms with Crippen molar-refractivity contribution >= 4 is 0 Å². The number of hydrogen-bond donors (Lipinski definition) is 1. The van der Waals surface area contributed by atoms with Gasteiger partial charge in [-0.25, -0.2) is 0 Å². The molecule has 0 radical (unpaired) electrons. The molecule has 0 heterocycles. The highest BCUT2D eigenvalue weighted by molar-refractivity contribution is 5.27. The van der Waals surface area contributed by atoms with Crippen LogP contribution < -0.4 is 4.74 Å². The summed E-state index contributed by atoms with van der Waals surface area (Å²) in [5.41, 5.74) is 1.27. The van der Waals surface area contributed by atoms with Crippen molar-refractivity contribution in [3.8, 4) is 5.75 Å². The van der Waals surface area contributed by atoms with E-state index >= 15 is 0 Å². The van der Waals surface area contributed by atoms with E-state index in [9.17, 15) is 0 Å². The largest absolute Gasteiger partial charge is 0.491 e. The van der Waals surface area contributed by atoms with E-state index in [4.69, 9.17) is 9.84 Å². The fraction of sp³-hybridized carbons (Fsp3) is 0.571. The molecular weight excluding hydrogens is 214 g/mol. The zero-order valence-corrected chi connectivity index (χ0v) is 11.0. The third-order valence-corrected chi connectivity index (χ3v) is 2.45. The van der Waals surface area contributed by atoms with Crippen LogP contribution in [0, 0.1) is 0 Å². The van der Waals surface area contributed by atoms with Crippen molar-refractivity contribution in [2.24, 2.45) is 0 Å². The molecule has 1 aromatic rings. The molecule has 0 fully saturated rings. The first-order valence-electron chi connectivity index (χ1n) is 6.17. The van der Waals surface area contributed by atoms with Crippen molar-refractivity contribution < 1.29 is 9.84 Å². The van der Waals surface area contributed by atoms with Gasteiger partial charge in [0.25, 0.3) is 0 Å². The molecule has 0 aliphatic carbocycles. The van der Waals surface area contributed by atoms with E-state index in [1.165, 1.54) is 5.56 Å². The van der Waals surface area contributed by atoms with Crippen LogP contribution in [0.3, 0.4) is 0 Å². The number of aliphatic hydroxyl groups is 1. The fourth-order valence-electron chi connectivity index (χ4n) is 1.68. The molecule has 3 heteroatoms. The van der Waals surface area contributed by atoms with Crippen LogP contribution in [0.1, 0.15) is 25.8 Å². The summed E-state index contributed by atoms with van der Waals surface area (Å²) in [5, 5.41) is 8.76. The lowest BCUT2D eigenvalue weighted by Crippen LogP contribution is -2.19. The van der Waals surface area contributed by atoms with Gasteiger partial charge in [-0.3, -0.25) is 0 Å². The van der Waals surface area contributed by atoms with Gasteiger partial charge < -0.3 is 14.7 Å². The first kappa shape index (κ1) is 14.0. The van der Waals surface area contributed by atoms with Gasteiger partial charge in [0, 0.05) is 19.7 Å². The molecule has 0 unspecified atom stereocenters. The van der Waals surface area contributed by atoms with Gasteiger partial charge in [-0.2, -0.15) is 0 Å². The summed E-state index contributed by atoms with van der Waals surface area (Å²) in [4.78, 5) is 2.20. The number of aliphatic hydroxyl groups excluding tert-OH is 1. The molecule has 0 aliphatic heterocycles. The van der Waals surface area contributed by atoms with E-state index in [0.29, 0.717) is 0 Å². The first-order chi connectivity index (χ1) is 8.11. The molecule has 0 saturated heterocycles. The Hall–Kier alpha value is -1.06. The predicted molar refractivity (Wildman–Crippen MR) is 70.2 cm³/mol. The minimum atomic E-state index is 0.216. The summed E-state index contributed by atoms with van der Waals surface area (Å²) in [7, 11) is 2.06. The molecule has 96 valence electrons. The van der Waals surface area contributed by atoms with E-state index in [-0.39, 0.29) is 12.7 Å². The lowest BCUT2D eigenvalue weighted by atomic mass is 10.2. The molecule has 1 aromatic carbocycles. The van der Waals surface area contributed by atoms with Crippen LogP contribution in [0.25, 0.3) is 0 Å². The third-order valence-electron chi connectivity index (χ3n) is 2.45. The SMILES string of the molecule is CC(C)Oc1ccc(CN(C)CCCO)cc1. The lowest BCUT2D eigenvalue weighted by molar-refractivity contribution is 0.241. The van der Waals surface area contributed by atoms with Crippen LogP contribution in [0.2, 0.25) is 0 Å². The van der Waals surface area contributed by atoms with E-state index in [1.54, 1.807) is 0 Å². The predicted octanol–water partition coefficient (Wildman–Crippen LogP) is 2.29. The molecule has 0 amide bonds. The van der Waals surface area contributed by atoms with Crippen molar-refractivity contribution in [2.75, 3.05) is 20.2 Å². The third kappa shape index (κ3) is 5.71. The quantitative estimate of drug-likeness (QED) is 0.789. The molecule has 3 nitrogen and oxygen atoms in total. The Balaban J connectivity index is 2.44. The van der Waals surface area contributed by atoms with Gasteiger partial charge in [0.15, 0.2) is 0 Å². The molecule has 0 aromatic heterocycles.